The minimum absolute atomic E-state index is 0.377. The molecule has 0 saturated carbocycles. The molecule has 2 rings (SSSR count). The Morgan fingerprint density at radius 2 is 2.24 bits per heavy atom. The molecule has 1 heterocycles. The Morgan fingerprint density at radius 1 is 1.48 bits per heavy atom. The number of nitrogens with one attached hydrogen (secondary N) is 1. The Labute approximate surface area is 127 Å². The molecule has 0 saturated heterocycles. The van der Waals surface area contributed by atoms with Crippen molar-refractivity contribution < 1.29 is 8.42 Å². The highest BCUT2D eigenvalue weighted by Crippen LogP contribution is 2.28. The molecule has 1 atom stereocenters. The van der Waals surface area contributed by atoms with Gasteiger partial charge in [-0.15, -0.1) is 6.58 Å². The van der Waals surface area contributed by atoms with Crippen molar-refractivity contribution in [1.29, 1.82) is 0 Å². The zero-order valence-corrected chi connectivity index (χ0v) is 13.6. The number of hydrogen-bond acceptors (Lipinski definition) is 3. The SMILES string of the molecule is C=CCC[C@H](C)Nc1cccc2c1CCN(S(C)(=O)=O)C2. The van der Waals surface area contributed by atoms with Gasteiger partial charge in [0.25, 0.3) is 0 Å². The van der Waals surface area contributed by atoms with E-state index in [1.807, 2.05) is 18.2 Å². The highest BCUT2D eigenvalue weighted by Gasteiger charge is 2.24. The number of anilines is 1. The molecule has 0 radical (unpaired) electrons. The maximum atomic E-state index is 11.7. The van der Waals surface area contributed by atoms with Crippen molar-refractivity contribution in [3.8, 4) is 0 Å². The summed E-state index contributed by atoms with van der Waals surface area (Å²) in [7, 11) is -3.11. The van der Waals surface area contributed by atoms with E-state index < -0.39 is 10.0 Å². The molecule has 0 fully saturated rings. The summed E-state index contributed by atoms with van der Waals surface area (Å²) < 4.78 is 24.9. The van der Waals surface area contributed by atoms with Gasteiger partial charge in [-0.05, 0) is 43.4 Å². The van der Waals surface area contributed by atoms with Gasteiger partial charge in [-0.1, -0.05) is 18.2 Å². The zero-order chi connectivity index (χ0) is 15.5. The first kappa shape index (κ1) is 16.0. The molecule has 1 aromatic rings. The Morgan fingerprint density at radius 3 is 2.90 bits per heavy atom. The minimum atomic E-state index is -3.11. The fourth-order valence-corrected chi connectivity index (χ4v) is 3.50. The van der Waals surface area contributed by atoms with Gasteiger partial charge < -0.3 is 5.32 Å². The Balaban J connectivity index is 2.15. The van der Waals surface area contributed by atoms with Gasteiger partial charge in [0, 0.05) is 24.8 Å². The van der Waals surface area contributed by atoms with Crippen molar-refractivity contribution in [2.24, 2.45) is 0 Å². The highest BCUT2D eigenvalue weighted by atomic mass is 32.2. The van der Waals surface area contributed by atoms with Gasteiger partial charge in [-0.25, -0.2) is 8.42 Å². The summed E-state index contributed by atoms with van der Waals surface area (Å²) in [5.74, 6) is 0. The molecule has 1 N–H and O–H groups in total. The van der Waals surface area contributed by atoms with Crippen molar-refractivity contribution in [3.63, 3.8) is 0 Å². The third-order valence-electron chi connectivity index (χ3n) is 3.91. The number of sulfonamides is 1. The van der Waals surface area contributed by atoms with Crippen LogP contribution >= 0.6 is 0 Å². The van der Waals surface area contributed by atoms with Crippen LogP contribution in [0.1, 0.15) is 30.9 Å². The summed E-state index contributed by atoms with van der Waals surface area (Å²) in [6.45, 7) is 6.95. The molecule has 0 spiro atoms. The van der Waals surface area contributed by atoms with Crippen LogP contribution in [0.25, 0.3) is 0 Å². The molecule has 1 aliphatic heterocycles. The molecule has 0 unspecified atom stereocenters. The van der Waals surface area contributed by atoms with Crippen LogP contribution in [0.4, 0.5) is 5.69 Å². The normalized spacial score (nSPS) is 17.0. The first-order valence-corrected chi connectivity index (χ1v) is 9.20. The van der Waals surface area contributed by atoms with Crippen molar-refractivity contribution in [3.05, 3.63) is 42.0 Å². The maximum Gasteiger partial charge on any atom is 0.211 e. The summed E-state index contributed by atoms with van der Waals surface area (Å²) in [5, 5.41) is 3.54. The van der Waals surface area contributed by atoms with Crippen LogP contribution in [0.3, 0.4) is 0 Å². The summed E-state index contributed by atoms with van der Waals surface area (Å²) in [4.78, 5) is 0. The molecular formula is C16H24N2O2S. The van der Waals surface area contributed by atoms with Gasteiger partial charge in [-0.3, -0.25) is 0 Å². The fraction of sp³-hybridized carbons (Fsp3) is 0.500. The van der Waals surface area contributed by atoms with E-state index in [-0.39, 0.29) is 0 Å². The predicted molar refractivity (Wildman–Crippen MR) is 87.9 cm³/mol. The number of fused-ring (bicyclic) bond motifs is 1. The Hall–Kier alpha value is -1.33. The molecule has 1 aliphatic rings. The number of benzene rings is 1. The van der Waals surface area contributed by atoms with E-state index in [0.29, 0.717) is 19.1 Å². The lowest BCUT2D eigenvalue weighted by Crippen LogP contribution is -2.35. The van der Waals surface area contributed by atoms with Gasteiger partial charge in [-0.2, -0.15) is 4.31 Å². The van der Waals surface area contributed by atoms with Gasteiger partial charge in [0.15, 0.2) is 0 Å². The fourth-order valence-electron chi connectivity index (χ4n) is 2.71. The number of allylic oxidation sites excluding steroid dienone is 1. The molecular weight excluding hydrogens is 284 g/mol. The minimum Gasteiger partial charge on any atom is -0.382 e. The standard InChI is InChI=1S/C16H24N2O2S/c1-4-5-7-13(2)17-16-9-6-8-14-12-18(21(3,19)20)11-10-15(14)16/h4,6,8-9,13,17H,1,5,7,10-12H2,2-3H3/t13-/m0/s1. The summed E-state index contributed by atoms with van der Waals surface area (Å²) in [6, 6.07) is 6.47. The Kier molecular flexibility index (Phi) is 5.06. The van der Waals surface area contributed by atoms with Gasteiger partial charge >= 0.3 is 0 Å². The molecule has 0 amide bonds. The van der Waals surface area contributed by atoms with E-state index in [9.17, 15) is 8.42 Å². The van der Waals surface area contributed by atoms with E-state index in [1.54, 1.807) is 4.31 Å². The van der Waals surface area contributed by atoms with E-state index in [0.717, 1.165) is 30.5 Å². The van der Waals surface area contributed by atoms with Crippen LogP contribution in [-0.4, -0.2) is 31.6 Å². The van der Waals surface area contributed by atoms with E-state index in [4.69, 9.17) is 0 Å². The zero-order valence-electron chi connectivity index (χ0n) is 12.8. The topological polar surface area (TPSA) is 49.4 Å². The molecule has 1 aromatic carbocycles. The summed E-state index contributed by atoms with van der Waals surface area (Å²) >= 11 is 0. The quantitative estimate of drug-likeness (QED) is 0.822. The second-order valence-electron chi connectivity index (χ2n) is 5.70. The van der Waals surface area contributed by atoms with Crippen LogP contribution in [-0.2, 0) is 23.0 Å². The maximum absolute atomic E-state index is 11.7. The molecule has 0 bridgehead atoms. The van der Waals surface area contributed by atoms with E-state index >= 15 is 0 Å². The molecule has 4 nitrogen and oxygen atoms in total. The number of nitrogens with zero attached hydrogens (tertiary/aromatic N) is 1. The average Bonchev–Trinajstić information content (AvgIpc) is 2.44. The van der Waals surface area contributed by atoms with Crippen LogP contribution in [0.5, 0.6) is 0 Å². The molecule has 0 aromatic heterocycles. The number of hydrogen-bond donors (Lipinski definition) is 1. The van der Waals surface area contributed by atoms with Crippen molar-refractivity contribution >= 4 is 15.7 Å². The molecule has 0 aliphatic carbocycles. The average molecular weight is 308 g/mol. The highest BCUT2D eigenvalue weighted by molar-refractivity contribution is 7.88. The molecule has 21 heavy (non-hydrogen) atoms. The third kappa shape index (κ3) is 4.08. The van der Waals surface area contributed by atoms with Crippen molar-refractivity contribution in [1.82, 2.24) is 4.31 Å². The summed E-state index contributed by atoms with van der Waals surface area (Å²) in [5.41, 5.74) is 3.49. The van der Waals surface area contributed by atoms with E-state index in [1.165, 1.54) is 11.8 Å². The first-order valence-electron chi connectivity index (χ1n) is 7.35. The second-order valence-corrected chi connectivity index (χ2v) is 7.68. The lowest BCUT2D eigenvalue weighted by atomic mass is 9.98. The predicted octanol–water partition coefficient (Wildman–Crippen LogP) is 2.77. The van der Waals surface area contributed by atoms with Crippen LogP contribution < -0.4 is 5.32 Å². The number of rotatable bonds is 6. The first-order chi connectivity index (χ1) is 9.91. The van der Waals surface area contributed by atoms with Gasteiger partial charge in [0.2, 0.25) is 10.0 Å². The lowest BCUT2D eigenvalue weighted by Gasteiger charge is -2.29. The second kappa shape index (κ2) is 6.62. The van der Waals surface area contributed by atoms with Gasteiger partial charge in [0.1, 0.15) is 0 Å². The monoisotopic (exact) mass is 308 g/mol. The van der Waals surface area contributed by atoms with Crippen LogP contribution in [0.2, 0.25) is 0 Å². The van der Waals surface area contributed by atoms with Crippen molar-refractivity contribution in [2.45, 2.75) is 38.8 Å². The Bertz CT molecular complexity index is 611. The lowest BCUT2D eigenvalue weighted by molar-refractivity contribution is 0.395. The largest absolute Gasteiger partial charge is 0.382 e. The molecule has 116 valence electrons. The van der Waals surface area contributed by atoms with Gasteiger partial charge in [0.05, 0.1) is 6.26 Å². The third-order valence-corrected chi connectivity index (χ3v) is 5.16. The summed E-state index contributed by atoms with van der Waals surface area (Å²) in [6.07, 6.45) is 6.01. The van der Waals surface area contributed by atoms with Crippen LogP contribution in [0, 0.1) is 0 Å². The van der Waals surface area contributed by atoms with Crippen molar-refractivity contribution in [2.75, 3.05) is 18.1 Å². The smallest absolute Gasteiger partial charge is 0.211 e. The van der Waals surface area contributed by atoms with Crippen LogP contribution in [0.15, 0.2) is 30.9 Å². The molecule has 5 heteroatoms. The van der Waals surface area contributed by atoms with E-state index in [2.05, 4.69) is 24.9 Å².